The molecule has 0 amide bonds. The third-order valence-electron chi connectivity index (χ3n) is 3.24. The second-order valence-electron chi connectivity index (χ2n) is 4.61. The van der Waals surface area contributed by atoms with Crippen LogP contribution in [0.2, 0.25) is 0 Å². The summed E-state index contributed by atoms with van der Waals surface area (Å²) in [4.78, 5) is 11.8. The van der Waals surface area contributed by atoms with Gasteiger partial charge in [-0.15, -0.1) is 0 Å². The van der Waals surface area contributed by atoms with Crippen LogP contribution in [0.1, 0.15) is 0 Å². The van der Waals surface area contributed by atoms with Crippen molar-refractivity contribution in [2.24, 2.45) is 7.05 Å². The maximum absolute atomic E-state index is 11.8. The van der Waals surface area contributed by atoms with Crippen LogP contribution in [-0.2, 0) is 7.05 Å². The van der Waals surface area contributed by atoms with E-state index in [2.05, 4.69) is 21.1 Å². The van der Waals surface area contributed by atoms with Gasteiger partial charge < -0.3 is 14.8 Å². The first-order chi connectivity index (χ1) is 10.1. The molecule has 3 aromatic rings. The highest BCUT2D eigenvalue weighted by Crippen LogP contribution is 2.39. The van der Waals surface area contributed by atoms with Crippen LogP contribution in [0, 0.1) is 0 Å². The molecule has 0 radical (unpaired) electrons. The number of aryl methyl sites for hydroxylation is 1. The van der Waals surface area contributed by atoms with E-state index in [4.69, 9.17) is 10.3 Å². The van der Waals surface area contributed by atoms with Gasteiger partial charge in [0.25, 0.3) is 5.56 Å². The van der Waals surface area contributed by atoms with Gasteiger partial charge in [0.05, 0.1) is 5.56 Å². The molecule has 0 aliphatic rings. The molecule has 5 nitrogen and oxygen atoms in total. The van der Waals surface area contributed by atoms with Gasteiger partial charge in [-0.1, -0.05) is 39.3 Å². The molecule has 0 saturated heterocycles. The Morgan fingerprint density at radius 3 is 2.76 bits per heavy atom. The SMILES string of the molecule is Cn1ccc(-c2noc(N)c2-c2ccccc2Br)cc1=O. The smallest absolute Gasteiger partial charge is 0.250 e. The number of aromatic nitrogens is 2. The standard InChI is InChI=1S/C15H12BrN3O2/c1-19-7-6-9(8-12(19)20)14-13(15(17)21-18-14)10-4-2-3-5-11(10)16/h2-8H,17H2,1H3. The number of benzene rings is 1. The molecule has 0 spiro atoms. The molecule has 0 bridgehead atoms. The van der Waals surface area contributed by atoms with Crippen molar-refractivity contribution in [3.05, 3.63) is 57.4 Å². The molecule has 0 unspecified atom stereocenters. The molecule has 0 aliphatic heterocycles. The Labute approximate surface area is 129 Å². The van der Waals surface area contributed by atoms with Crippen LogP contribution in [0.4, 0.5) is 5.88 Å². The Balaban J connectivity index is 2.24. The van der Waals surface area contributed by atoms with E-state index in [0.717, 1.165) is 10.0 Å². The summed E-state index contributed by atoms with van der Waals surface area (Å²) in [6.45, 7) is 0. The molecule has 6 heteroatoms. The maximum atomic E-state index is 11.8. The monoisotopic (exact) mass is 345 g/mol. The minimum absolute atomic E-state index is 0.118. The largest absolute Gasteiger partial charge is 0.367 e. The number of hydrogen-bond acceptors (Lipinski definition) is 4. The third kappa shape index (κ3) is 2.38. The lowest BCUT2D eigenvalue weighted by atomic mass is 10.0. The topological polar surface area (TPSA) is 74.1 Å². The first-order valence-electron chi connectivity index (χ1n) is 6.25. The van der Waals surface area contributed by atoms with Gasteiger partial charge in [0, 0.05) is 34.9 Å². The van der Waals surface area contributed by atoms with Gasteiger partial charge in [0.2, 0.25) is 5.88 Å². The van der Waals surface area contributed by atoms with Crippen molar-refractivity contribution in [2.45, 2.75) is 0 Å². The van der Waals surface area contributed by atoms with E-state index in [1.165, 1.54) is 10.6 Å². The van der Waals surface area contributed by atoms with Crippen molar-refractivity contribution >= 4 is 21.8 Å². The van der Waals surface area contributed by atoms with Gasteiger partial charge in [-0.05, 0) is 12.1 Å². The van der Waals surface area contributed by atoms with Crippen LogP contribution in [0.5, 0.6) is 0 Å². The molecule has 0 atom stereocenters. The fourth-order valence-corrected chi connectivity index (χ4v) is 2.60. The van der Waals surface area contributed by atoms with E-state index in [1.807, 2.05) is 24.3 Å². The van der Waals surface area contributed by atoms with Gasteiger partial charge in [0.15, 0.2) is 0 Å². The summed E-state index contributed by atoms with van der Waals surface area (Å²) in [5, 5.41) is 4.01. The molecule has 106 valence electrons. The molecular formula is C15H12BrN3O2. The lowest BCUT2D eigenvalue weighted by molar-refractivity contribution is 0.439. The van der Waals surface area contributed by atoms with Gasteiger partial charge in [-0.2, -0.15) is 0 Å². The number of rotatable bonds is 2. The van der Waals surface area contributed by atoms with Crippen molar-refractivity contribution in [1.82, 2.24) is 9.72 Å². The average molecular weight is 346 g/mol. The molecular weight excluding hydrogens is 334 g/mol. The predicted octanol–water partition coefficient (Wildman–Crippen LogP) is 3.05. The van der Waals surface area contributed by atoms with Gasteiger partial charge in [-0.3, -0.25) is 4.79 Å². The maximum Gasteiger partial charge on any atom is 0.250 e. The second-order valence-corrected chi connectivity index (χ2v) is 5.47. The fourth-order valence-electron chi connectivity index (χ4n) is 2.12. The predicted molar refractivity (Wildman–Crippen MR) is 84.7 cm³/mol. The molecule has 0 fully saturated rings. The van der Waals surface area contributed by atoms with Crippen LogP contribution in [0.15, 0.2) is 56.4 Å². The molecule has 2 heterocycles. The van der Waals surface area contributed by atoms with E-state index in [1.54, 1.807) is 19.3 Å². The number of pyridine rings is 1. The van der Waals surface area contributed by atoms with Crippen molar-refractivity contribution in [3.8, 4) is 22.4 Å². The number of nitrogens with two attached hydrogens (primary N) is 1. The number of nitrogens with zero attached hydrogens (tertiary/aromatic N) is 2. The van der Waals surface area contributed by atoms with Gasteiger partial charge >= 0.3 is 0 Å². The Kier molecular flexibility index (Phi) is 3.39. The van der Waals surface area contributed by atoms with Crippen molar-refractivity contribution in [3.63, 3.8) is 0 Å². The summed E-state index contributed by atoms with van der Waals surface area (Å²) >= 11 is 3.49. The van der Waals surface area contributed by atoms with E-state index in [-0.39, 0.29) is 11.4 Å². The van der Waals surface area contributed by atoms with Crippen molar-refractivity contribution in [2.75, 3.05) is 5.73 Å². The van der Waals surface area contributed by atoms with Gasteiger partial charge in [-0.25, -0.2) is 0 Å². The number of anilines is 1. The number of nitrogen functional groups attached to an aromatic ring is 1. The first-order valence-corrected chi connectivity index (χ1v) is 7.04. The van der Waals surface area contributed by atoms with Crippen LogP contribution in [0.25, 0.3) is 22.4 Å². The summed E-state index contributed by atoms with van der Waals surface area (Å²) in [6.07, 6.45) is 1.69. The summed E-state index contributed by atoms with van der Waals surface area (Å²) in [7, 11) is 1.69. The van der Waals surface area contributed by atoms with E-state index >= 15 is 0 Å². The summed E-state index contributed by atoms with van der Waals surface area (Å²) in [5.41, 5.74) is 8.56. The second kappa shape index (κ2) is 5.21. The summed E-state index contributed by atoms with van der Waals surface area (Å²) in [5.74, 6) is 0.220. The Morgan fingerprint density at radius 2 is 2.05 bits per heavy atom. The van der Waals surface area contributed by atoms with Crippen LogP contribution in [0.3, 0.4) is 0 Å². The minimum atomic E-state index is -0.118. The number of halogens is 1. The fraction of sp³-hybridized carbons (Fsp3) is 0.0667. The van der Waals surface area contributed by atoms with Crippen LogP contribution >= 0.6 is 15.9 Å². The zero-order valence-electron chi connectivity index (χ0n) is 11.2. The van der Waals surface area contributed by atoms with Crippen molar-refractivity contribution in [1.29, 1.82) is 0 Å². The highest BCUT2D eigenvalue weighted by Gasteiger charge is 2.19. The Hall–Kier alpha value is -2.34. The molecule has 3 rings (SSSR count). The molecule has 1 aromatic carbocycles. The van der Waals surface area contributed by atoms with E-state index in [9.17, 15) is 4.79 Å². The zero-order chi connectivity index (χ0) is 15.0. The van der Waals surface area contributed by atoms with Crippen LogP contribution in [-0.4, -0.2) is 9.72 Å². The van der Waals surface area contributed by atoms with E-state index < -0.39 is 0 Å². The van der Waals surface area contributed by atoms with Gasteiger partial charge in [0.1, 0.15) is 5.69 Å². The minimum Gasteiger partial charge on any atom is -0.367 e. The highest BCUT2D eigenvalue weighted by molar-refractivity contribution is 9.10. The number of hydrogen-bond donors (Lipinski definition) is 1. The molecule has 21 heavy (non-hydrogen) atoms. The first kappa shape index (κ1) is 13.6. The normalized spacial score (nSPS) is 10.8. The lowest BCUT2D eigenvalue weighted by Crippen LogP contribution is -2.14. The Morgan fingerprint density at radius 1 is 1.29 bits per heavy atom. The van der Waals surface area contributed by atoms with Crippen LogP contribution < -0.4 is 11.3 Å². The van der Waals surface area contributed by atoms with Crippen molar-refractivity contribution < 1.29 is 4.52 Å². The quantitative estimate of drug-likeness (QED) is 0.774. The summed E-state index contributed by atoms with van der Waals surface area (Å²) in [6, 6.07) is 11.0. The Bertz CT molecular complexity index is 867. The third-order valence-corrected chi connectivity index (χ3v) is 3.93. The molecule has 0 saturated carbocycles. The summed E-state index contributed by atoms with van der Waals surface area (Å²) < 4.78 is 7.50. The molecule has 0 aliphatic carbocycles. The lowest BCUT2D eigenvalue weighted by Gasteiger charge is -2.05. The highest BCUT2D eigenvalue weighted by atomic mass is 79.9. The molecule has 2 N–H and O–H groups in total. The molecule has 2 aromatic heterocycles. The average Bonchev–Trinajstić information content (AvgIpc) is 2.84. The zero-order valence-corrected chi connectivity index (χ0v) is 12.8. The van der Waals surface area contributed by atoms with E-state index in [0.29, 0.717) is 16.8 Å².